The highest BCUT2D eigenvalue weighted by molar-refractivity contribution is 5.92. The third-order valence-corrected chi connectivity index (χ3v) is 3.19. The van der Waals surface area contributed by atoms with E-state index in [1.807, 2.05) is 0 Å². The van der Waals surface area contributed by atoms with E-state index >= 15 is 0 Å². The smallest absolute Gasteiger partial charge is 0.339 e. The zero-order valence-electron chi connectivity index (χ0n) is 10.2. The van der Waals surface area contributed by atoms with Crippen LogP contribution in [0.5, 0.6) is 5.75 Å². The van der Waals surface area contributed by atoms with Crippen LogP contribution in [-0.2, 0) is 0 Å². The molecule has 0 unspecified atom stereocenters. The third kappa shape index (κ3) is 3.33. The molecule has 1 aromatic carbocycles. The molecule has 3 N–H and O–H groups in total. The summed E-state index contributed by atoms with van der Waals surface area (Å²) < 4.78 is 31.5. The molecule has 0 atom stereocenters. The maximum absolute atomic E-state index is 13.0. The first-order valence-corrected chi connectivity index (χ1v) is 6.05. The van der Waals surface area contributed by atoms with E-state index in [-0.39, 0.29) is 43.1 Å². The van der Waals surface area contributed by atoms with E-state index < -0.39 is 11.9 Å². The predicted molar refractivity (Wildman–Crippen MR) is 65.6 cm³/mol. The van der Waals surface area contributed by atoms with Crippen LogP contribution in [0.15, 0.2) is 18.2 Å². The highest BCUT2D eigenvalue weighted by atomic mass is 19.3. The summed E-state index contributed by atoms with van der Waals surface area (Å²) in [5.41, 5.74) is 5.79. The predicted octanol–water partition coefficient (Wildman–Crippen LogP) is 2.92. The molecule has 0 radical (unpaired) electrons. The first kappa shape index (κ1) is 13.6. The number of hydrogen-bond donors (Lipinski definition) is 2. The highest BCUT2D eigenvalue weighted by Gasteiger charge is 2.36. The van der Waals surface area contributed by atoms with Crippen molar-refractivity contribution < 1.29 is 23.4 Å². The Morgan fingerprint density at radius 3 is 2.58 bits per heavy atom. The minimum atomic E-state index is -2.63. The Morgan fingerprint density at radius 2 is 2.00 bits per heavy atom. The van der Waals surface area contributed by atoms with Crippen LogP contribution in [0.2, 0.25) is 0 Å². The van der Waals surface area contributed by atoms with Crippen LogP contribution in [0.4, 0.5) is 14.5 Å². The molecule has 0 heterocycles. The summed E-state index contributed by atoms with van der Waals surface area (Å²) in [5.74, 6) is -3.60. The number of benzene rings is 1. The van der Waals surface area contributed by atoms with Gasteiger partial charge in [-0.25, -0.2) is 13.6 Å². The van der Waals surface area contributed by atoms with Gasteiger partial charge in [0, 0.05) is 18.5 Å². The number of carbonyl (C=O) groups is 1. The van der Waals surface area contributed by atoms with Gasteiger partial charge >= 0.3 is 5.97 Å². The number of ether oxygens (including phenoxy) is 1. The molecule has 2 rings (SSSR count). The maximum Gasteiger partial charge on any atom is 0.339 e. The van der Waals surface area contributed by atoms with E-state index in [0.29, 0.717) is 5.69 Å². The summed E-state index contributed by atoms with van der Waals surface area (Å²) in [7, 11) is 0. The normalized spacial score (nSPS) is 19.1. The zero-order valence-corrected chi connectivity index (χ0v) is 10.2. The lowest BCUT2D eigenvalue weighted by Crippen LogP contribution is -2.31. The number of hydrogen-bond acceptors (Lipinski definition) is 3. The molecule has 1 aliphatic carbocycles. The molecule has 0 bridgehead atoms. The Bertz CT molecular complexity index is 481. The van der Waals surface area contributed by atoms with E-state index in [4.69, 9.17) is 15.6 Å². The Labute approximate surface area is 109 Å². The first-order valence-electron chi connectivity index (χ1n) is 6.05. The van der Waals surface area contributed by atoms with Crippen molar-refractivity contribution in [2.75, 3.05) is 5.73 Å². The molecule has 1 aromatic rings. The number of carboxylic acids is 1. The van der Waals surface area contributed by atoms with E-state index in [0.717, 1.165) is 0 Å². The second kappa shape index (κ2) is 5.03. The Balaban J connectivity index is 2.10. The number of halogens is 2. The molecule has 104 valence electrons. The van der Waals surface area contributed by atoms with Gasteiger partial charge in [-0.05, 0) is 31.0 Å². The Kier molecular flexibility index (Phi) is 3.59. The molecule has 0 aromatic heterocycles. The van der Waals surface area contributed by atoms with Gasteiger partial charge in [-0.15, -0.1) is 0 Å². The molecule has 1 fully saturated rings. The van der Waals surface area contributed by atoms with Gasteiger partial charge in [0.25, 0.3) is 0 Å². The van der Waals surface area contributed by atoms with E-state index in [1.54, 1.807) is 0 Å². The van der Waals surface area contributed by atoms with Crippen molar-refractivity contribution in [1.29, 1.82) is 0 Å². The maximum atomic E-state index is 13.0. The molecule has 4 nitrogen and oxygen atoms in total. The van der Waals surface area contributed by atoms with Gasteiger partial charge in [-0.3, -0.25) is 0 Å². The van der Waals surface area contributed by atoms with Crippen molar-refractivity contribution in [1.82, 2.24) is 0 Å². The van der Waals surface area contributed by atoms with Gasteiger partial charge in [0.2, 0.25) is 5.92 Å². The zero-order chi connectivity index (χ0) is 14.0. The minimum absolute atomic E-state index is 0.0441. The van der Waals surface area contributed by atoms with Crippen LogP contribution >= 0.6 is 0 Å². The van der Waals surface area contributed by atoms with Gasteiger partial charge in [-0.2, -0.15) is 0 Å². The van der Waals surface area contributed by atoms with E-state index in [2.05, 4.69) is 0 Å². The van der Waals surface area contributed by atoms with Gasteiger partial charge in [0.1, 0.15) is 11.3 Å². The standard InChI is InChI=1S/C13H15F2NO3/c14-13(15)5-3-9(4-6-13)19-11-2-1-8(16)7-10(11)12(17)18/h1-2,7,9H,3-6,16H2,(H,17,18). The van der Waals surface area contributed by atoms with Crippen molar-refractivity contribution in [3.05, 3.63) is 23.8 Å². The average molecular weight is 271 g/mol. The Hall–Kier alpha value is -1.85. The molecule has 1 saturated carbocycles. The van der Waals surface area contributed by atoms with Crippen LogP contribution in [0.1, 0.15) is 36.0 Å². The second-order valence-corrected chi connectivity index (χ2v) is 4.73. The fourth-order valence-corrected chi connectivity index (χ4v) is 2.13. The molecule has 0 aliphatic heterocycles. The number of anilines is 1. The molecule has 6 heteroatoms. The summed E-state index contributed by atoms with van der Waals surface area (Å²) in [6, 6.07) is 4.29. The molecule has 0 spiro atoms. The van der Waals surface area contributed by atoms with Crippen LogP contribution < -0.4 is 10.5 Å². The summed E-state index contributed by atoms with van der Waals surface area (Å²) in [4.78, 5) is 11.1. The van der Waals surface area contributed by atoms with Gasteiger partial charge < -0.3 is 15.6 Å². The first-order chi connectivity index (χ1) is 8.87. The summed E-state index contributed by atoms with van der Waals surface area (Å²) in [6.45, 7) is 0. The number of rotatable bonds is 3. The van der Waals surface area contributed by atoms with Crippen molar-refractivity contribution in [2.45, 2.75) is 37.7 Å². The molecule has 19 heavy (non-hydrogen) atoms. The molecular formula is C13H15F2NO3. The summed E-state index contributed by atoms with van der Waals surface area (Å²) in [5, 5.41) is 9.05. The summed E-state index contributed by atoms with van der Waals surface area (Å²) >= 11 is 0. The molecule has 0 amide bonds. The van der Waals surface area contributed by atoms with Crippen molar-refractivity contribution in [3.8, 4) is 5.75 Å². The molecular weight excluding hydrogens is 256 g/mol. The van der Waals surface area contributed by atoms with Gasteiger partial charge in [0.05, 0.1) is 6.10 Å². The molecule has 0 saturated heterocycles. The van der Waals surface area contributed by atoms with E-state index in [9.17, 15) is 13.6 Å². The SMILES string of the molecule is Nc1ccc(OC2CCC(F)(F)CC2)c(C(=O)O)c1. The lowest BCUT2D eigenvalue weighted by atomic mass is 9.94. The van der Waals surface area contributed by atoms with Gasteiger partial charge in [0.15, 0.2) is 0 Å². The average Bonchev–Trinajstić information content (AvgIpc) is 2.33. The van der Waals surface area contributed by atoms with Crippen molar-refractivity contribution in [3.63, 3.8) is 0 Å². The fourth-order valence-electron chi connectivity index (χ4n) is 2.13. The number of aromatic carboxylic acids is 1. The van der Waals surface area contributed by atoms with Crippen molar-refractivity contribution in [2.24, 2.45) is 0 Å². The summed E-state index contributed by atoms with van der Waals surface area (Å²) in [6.07, 6.45) is -0.391. The second-order valence-electron chi connectivity index (χ2n) is 4.73. The third-order valence-electron chi connectivity index (χ3n) is 3.19. The number of nitrogens with two attached hydrogens (primary N) is 1. The van der Waals surface area contributed by atoms with Crippen LogP contribution in [0, 0.1) is 0 Å². The Morgan fingerprint density at radius 1 is 1.37 bits per heavy atom. The van der Waals surface area contributed by atoms with Crippen LogP contribution in [-0.4, -0.2) is 23.1 Å². The largest absolute Gasteiger partial charge is 0.490 e. The van der Waals surface area contributed by atoms with Crippen LogP contribution in [0.25, 0.3) is 0 Å². The topological polar surface area (TPSA) is 72.5 Å². The van der Waals surface area contributed by atoms with Crippen molar-refractivity contribution >= 4 is 11.7 Å². The van der Waals surface area contributed by atoms with E-state index in [1.165, 1.54) is 18.2 Å². The number of alkyl halides is 2. The highest BCUT2D eigenvalue weighted by Crippen LogP contribution is 2.35. The van der Waals surface area contributed by atoms with Crippen LogP contribution in [0.3, 0.4) is 0 Å². The fraction of sp³-hybridized carbons (Fsp3) is 0.462. The minimum Gasteiger partial charge on any atom is -0.490 e. The van der Waals surface area contributed by atoms with Gasteiger partial charge in [-0.1, -0.05) is 0 Å². The monoisotopic (exact) mass is 271 g/mol. The lowest BCUT2D eigenvalue weighted by molar-refractivity contribution is -0.0583. The number of nitrogen functional groups attached to an aromatic ring is 1. The lowest BCUT2D eigenvalue weighted by Gasteiger charge is -2.29. The molecule has 1 aliphatic rings. The quantitative estimate of drug-likeness (QED) is 0.829. The number of carboxylic acid groups (broad SMARTS) is 1.